The number of aromatic hydroxyl groups is 1. The lowest BCUT2D eigenvalue weighted by Gasteiger charge is -2.33. The van der Waals surface area contributed by atoms with E-state index in [1.807, 2.05) is 61.2 Å². The number of phenols is 1. The molecule has 1 fully saturated rings. The van der Waals surface area contributed by atoms with Gasteiger partial charge >= 0.3 is 0 Å². The number of rotatable bonds is 5. The number of likely N-dealkylation sites (tertiary alicyclic amines) is 1. The summed E-state index contributed by atoms with van der Waals surface area (Å²) < 4.78 is 24.5. The predicted molar refractivity (Wildman–Crippen MR) is 148 cm³/mol. The molecule has 2 unspecified atom stereocenters. The number of amides is 1. The minimum absolute atomic E-state index is 0.0168. The molecule has 1 saturated heterocycles. The van der Waals surface area contributed by atoms with Crippen LogP contribution in [0.4, 0.5) is 5.69 Å². The topological polar surface area (TPSA) is 117 Å². The molecule has 2 aliphatic rings. The van der Waals surface area contributed by atoms with Crippen LogP contribution in [0.1, 0.15) is 42.6 Å². The quantitative estimate of drug-likeness (QED) is 0.450. The number of benzene rings is 3. The van der Waals surface area contributed by atoms with Crippen molar-refractivity contribution in [3.63, 3.8) is 0 Å². The van der Waals surface area contributed by atoms with Gasteiger partial charge in [0.15, 0.2) is 0 Å². The number of carbonyl (C=O) groups excluding carboxylic acids is 1. The van der Waals surface area contributed by atoms with Gasteiger partial charge in [0.2, 0.25) is 11.2 Å². The number of piperidine rings is 1. The van der Waals surface area contributed by atoms with Gasteiger partial charge in [-0.3, -0.25) is 9.52 Å². The summed E-state index contributed by atoms with van der Waals surface area (Å²) in [5.41, 5.74) is 9.60. The molecule has 9 heteroatoms. The second-order valence-corrected chi connectivity index (χ2v) is 9.59. The van der Waals surface area contributed by atoms with Crippen molar-refractivity contribution in [2.75, 3.05) is 24.4 Å². The van der Waals surface area contributed by atoms with E-state index in [1.165, 1.54) is 0 Å². The van der Waals surface area contributed by atoms with E-state index in [0.29, 0.717) is 42.3 Å². The Balaban J connectivity index is 0.00000156. The number of nitrogens with one attached hydrogen (secondary N) is 1. The fourth-order valence-corrected chi connectivity index (χ4v) is 5.22. The van der Waals surface area contributed by atoms with E-state index in [4.69, 9.17) is 10.5 Å². The Kier molecular flexibility index (Phi) is 8.45. The molecule has 0 saturated carbocycles. The van der Waals surface area contributed by atoms with Crippen LogP contribution in [0.5, 0.6) is 11.5 Å². The SMILES string of the molecule is CC.NC1=NS(=O)Nc2cccc(OCC3CCCN(C(=O)c4cccc(-c5cccc(O)c5)c4)C3)c21. The third-order valence-corrected chi connectivity index (χ3v) is 6.99. The molecule has 0 aromatic heterocycles. The second kappa shape index (κ2) is 11.9. The Hall–Kier alpha value is -3.85. The summed E-state index contributed by atoms with van der Waals surface area (Å²) in [6.07, 6.45) is 1.84. The van der Waals surface area contributed by atoms with Crippen molar-refractivity contribution in [2.24, 2.45) is 16.0 Å². The van der Waals surface area contributed by atoms with Crippen LogP contribution >= 0.6 is 0 Å². The normalized spacial score (nSPS) is 18.4. The third-order valence-electron chi connectivity index (χ3n) is 6.23. The number of fused-ring (bicyclic) bond motifs is 1. The molecule has 0 bridgehead atoms. The standard InChI is InChI=1S/C26H26N4O4S.C2H6/c27-25-24-22(28-35(33)29-25)10-3-11-23(24)34-16-17-5-4-12-30(15-17)26(32)20-8-1-6-18(13-20)19-7-2-9-21(31)14-19;1-2/h1-3,6-11,13-14,17,28,31H,4-5,12,15-16H2,(H2,27,29);1-2H3. The van der Waals surface area contributed by atoms with Crippen molar-refractivity contribution in [1.29, 1.82) is 0 Å². The zero-order chi connectivity index (χ0) is 26.4. The van der Waals surface area contributed by atoms with E-state index < -0.39 is 11.2 Å². The molecule has 4 N–H and O–H groups in total. The van der Waals surface area contributed by atoms with Crippen molar-refractivity contribution in [3.05, 3.63) is 77.9 Å². The molecular weight excluding hydrogens is 488 g/mol. The van der Waals surface area contributed by atoms with Crippen molar-refractivity contribution in [3.8, 4) is 22.6 Å². The van der Waals surface area contributed by atoms with Crippen LogP contribution < -0.4 is 15.2 Å². The number of phenolic OH excluding ortho intramolecular Hbond substituents is 1. The second-order valence-electron chi connectivity index (χ2n) is 8.71. The highest BCUT2D eigenvalue weighted by Gasteiger charge is 2.26. The Labute approximate surface area is 219 Å². The lowest BCUT2D eigenvalue weighted by molar-refractivity contribution is 0.0633. The largest absolute Gasteiger partial charge is 0.508 e. The Morgan fingerprint density at radius 2 is 1.86 bits per heavy atom. The lowest BCUT2D eigenvalue weighted by Crippen LogP contribution is -2.41. The first kappa shape index (κ1) is 26.2. The van der Waals surface area contributed by atoms with Crippen molar-refractivity contribution in [2.45, 2.75) is 26.7 Å². The van der Waals surface area contributed by atoms with Gasteiger partial charge in [-0.2, -0.15) is 4.40 Å². The van der Waals surface area contributed by atoms with Crippen LogP contribution in [-0.4, -0.2) is 45.7 Å². The molecule has 1 amide bonds. The average molecular weight is 521 g/mol. The van der Waals surface area contributed by atoms with Gasteiger partial charge in [-0.1, -0.05) is 44.2 Å². The molecule has 194 valence electrons. The van der Waals surface area contributed by atoms with Crippen LogP contribution in [0.2, 0.25) is 0 Å². The maximum atomic E-state index is 13.3. The summed E-state index contributed by atoms with van der Waals surface area (Å²) in [6, 6.07) is 19.9. The van der Waals surface area contributed by atoms with Crippen LogP contribution in [0.25, 0.3) is 11.1 Å². The van der Waals surface area contributed by atoms with Gasteiger partial charge in [0.25, 0.3) is 5.91 Å². The maximum Gasteiger partial charge on any atom is 0.253 e. The van der Waals surface area contributed by atoms with Crippen molar-refractivity contribution >= 4 is 28.6 Å². The fourth-order valence-electron chi connectivity index (χ4n) is 4.55. The highest BCUT2D eigenvalue weighted by atomic mass is 32.2. The van der Waals surface area contributed by atoms with Crippen molar-refractivity contribution in [1.82, 2.24) is 4.90 Å². The number of amidine groups is 1. The summed E-state index contributed by atoms with van der Waals surface area (Å²) in [4.78, 5) is 15.2. The summed E-state index contributed by atoms with van der Waals surface area (Å²) >= 11 is -1.59. The molecule has 0 radical (unpaired) electrons. The molecular formula is C28H32N4O4S. The fraction of sp³-hybridized carbons (Fsp3) is 0.286. The van der Waals surface area contributed by atoms with Crippen LogP contribution in [0.15, 0.2) is 71.1 Å². The molecule has 0 spiro atoms. The number of nitrogens with two attached hydrogens (primary N) is 1. The van der Waals surface area contributed by atoms with Gasteiger partial charge in [0, 0.05) is 24.6 Å². The summed E-state index contributed by atoms with van der Waals surface area (Å²) in [5.74, 6) is 1.10. The monoisotopic (exact) mass is 520 g/mol. The van der Waals surface area contributed by atoms with Gasteiger partial charge in [-0.05, 0) is 60.4 Å². The molecule has 3 aromatic rings. The van der Waals surface area contributed by atoms with Crippen LogP contribution in [0, 0.1) is 5.92 Å². The van der Waals surface area contributed by atoms with Gasteiger partial charge in [-0.25, -0.2) is 4.21 Å². The van der Waals surface area contributed by atoms with Crippen LogP contribution in [-0.2, 0) is 11.2 Å². The first-order valence-electron chi connectivity index (χ1n) is 12.5. The molecule has 0 aliphatic carbocycles. The van der Waals surface area contributed by atoms with E-state index in [9.17, 15) is 14.1 Å². The number of ether oxygens (including phenoxy) is 1. The van der Waals surface area contributed by atoms with E-state index >= 15 is 0 Å². The van der Waals surface area contributed by atoms with E-state index in [0.717, 1.165) is 24.0 Å². The molecule has 8 nitrogen and oxygen atoms in total. The molecule has 2 heterocycles. The highest BCUT2D eigenvalue weighted by Crippen LogP contribution is 2.31. The molecule has 2 atom stereocenters. The predicted octanol–water partition coefficient (Wildman–Crippen LogP) is 4.73. The molecule has 2 aliphatic heterocycles. The zero-order valence-electron chi connectivity index (χ0n) is 21.0. The van der Waals surface area contributed by atoms with Gasteiger partial charge < -0.3 is 20.5 Å². The number of nitrogens with zero attached hydrogens (tertiary/aromatic N) is 2. The van der Waals surface area contributed by atoms with E-state index in [1.54, 1.807) is 24.3 Å². The first-order valence-corrected chi connectivity index (χ1v) is 13.6. The zero-order valence-corrected chi connectivity index (χ0v) is 21.8. The lowest BCUT2D eigenvalue weighted by atomic mass is 9.97. The third kappa shape index (κ3) is 6.11. The van der Waals surface area contributed by atoms with E-state index in [2.05, 4.69) is 9.12 Å². The summed E-state index contributed by atoms with van der Waals surface area (Å²) in [7, 11) is 0. The van der Waals surface area contributed by atoms with Gasteiger partial charge in [0.1, 0.15) is 17.3 Å². The number of hydrogen-bond donors (Lipinski definition) is 3. The summed E-state index contributed by atoms with van der Waals surface area (Å²) in [6.45, 7) is 5.72. The Morgan fingerprint density at radius 3 is 2.65 bits per heavy atom. The molecule has 3 aromatic carbocycles. The number of anilines is 1. The van der Waals surface area contributed by atoms with Gasteiger partial charge in [0.05, 0.1) is 17.9 Å². The minimum Gasteiger partial charge on any atom is -0.508 e. The van der Waals surface area contributed by atoms with Gasteiger partial charge in [-0.15, -0.1) is 0 Å². The number of carbonyl (C=O) groups is 1. The molecule has 37 heavy (non-hydrogen) atoms. The smallest absolute Gasteiger partial charge is 0.253 e. The highest BCUT2D eigenvalue weighted by molar-refractivity contribution is 7.85. The van der Waals surface area contributed by atoms with Crippen LogP contribution in [0.3, 0.4) is 0 Å². The van der Waals surface area contributed by atoms with E-state index in [-0.39, 0.29) is 23.4 Å². The average Bonchev–Trinajstić information content (AvgIpc) is 2.92. The minimum atomic E-state index is -1.59. The number of hydrogen-bond acceptors (Lipinski definition) is 5. The Bertz CT molecular complexity index is 1330. The first-order chi connectivity index (χ1) is 18.0. The van der Waals surface area contributed by atoms with Crippen molar-refractivity contribution < 1.29 is 18.8 Å². The maximum absolute atomic E-state index is 13.3. The molecule has 5 rings (SSSR count). The Morgan fingerprint density at radius 1 is 1.14 bits per heavy atom. The summed E-state index contributed by atoms with van der Waals surface area (Å²) in [5, 5.41) is 9.79.